The van der Waals surface area contributed by atoms with E-state index in [1.165, 1.54) is 0 Å². The van der Waals surface area contributed by atoms with Crippen LogP contribution >= 0.6 is 0 Å². The van der Waals surface area contributed by atoms with Gasteiger partial charge in [0, 0.05) is 6.20 Å². The van der Waals surface area contributed by atoms with Crippen LogP contribution in [-0.4, -0.2) is 9.97 Å². The zero-order valence-electron chi connectivity index (χ0n) is 5.06. The number of hydrogen-bond donors (Lipinski definition) is 0. The predicted octanol–water partition coefficient (Wildman–Crippen LogP) is 1.63. The second-order valence-corrected chi connectivity index (χ2v) is 1.71. The van der Waals surface area contributed by atoms with Crippen LogP contribution in [0.2, 0.25) is 0 Å². The topological polar surface area (TPSA) is 25.8 Å². The molecular weight excluding hydrogens is 164 g/mol. The van der Waals surface area contributed by atoms with E-state index < -0.39 is 17.9 Å². The molecule has 2 nitrogen and oxygen atoms in total. The van der Waals surface area contributed by atoms with E-state index >= 15 is 0 Å². The zero-order chi connectivity index (χ0) is 8.48. The molecule has 0 amide bonds. The molecule has 60 valence electrons. The molecule has 0 atom stereocenters. The van der Waals surface area contributed by atoms with Gasteiger partial charge in [0.05, 0.1) is 0 Å². The number of halogens is 4. The van der Waals surface area contributed by atoms with Crippen LogP contribution in [0, 0.1) is 6.08 Å². The highest BCUT2D eigenvalue weighted by atomic mass is 19.4. The Morgan fingerprint density at radius 2 is 1.91 bits per heavy atom. The van der Waals surface area contributed by atoms with Crippen molar-refractivity contribution in [2.75, 3.05) is 0 Å². The highest BCUT2D eigenvalue weighted by Crippen LogP contribution is 2.26. The molecule has 1 rings (SSSR count). The molecule has 0 unspecified atom stereocenters. The van der Waals surface area contributed by atoms with Gasteiger partial charge in [-0.1, -0.05) is 0 Å². The first-order chi connectivity index (χ1) is 5.00. The van der Waals surface area contributed by atoms with Crippen LogP contribution in [0.25, 0.3) is 0 Å². The fraction of sp³-hybridized carbons (Fsp3) is 0.200. The third kappa shape index (κ3) is 1.86. The first kappa shape index (κ1) is 7.90. The van der Waals surface area contributed by atoms with Crippen molar-refractivity contribution in [2.45, 2.75) is 6.18 Å². The standard InChI is InChI=1S/C5H2F4N2/c6-4-10-2-1-3(11-4)5(7,8)9/h1-2H. The summed E-state index contributed by atoms with van der Waals surface area (Å²) in [6.07, 6.45) is -5.27. The summed E-state index contributed by atoms with van der Waals surface area (Å²) in [4.78, 5) is 5.42. The fourth-order valence-electron chi connectivity index (χ4n) is 0.493. The highest BCUT2D eigenvalue weighted by Gasteiger charge is 2.32. The Morgan fingerprint density at radius 3 is 2.27 bits per heavy atom. The van der Waals surface area contributed by atoms with Gasteiger partial charge in [-0.2, -0.15) is 22.5 Å². The second-order valence-electron chi connectivity index (χ2n) is 1.71. The van der Waals surface area contributed by atoms with Gasteiger partial charge in [-0.15, -0.1) is 0 Å². The van der Waals surface area contributed by atoms with Crippen molar-refractivity contribution >= 4 is 0 Å². The van der Waals surface area contributed by atoms with Gasteiger partial charge < -0.3 is 0 Å². The van der Waals surface area contributed by atoms with Crippen LogP contribution in [0.15, 0.2) is 12.3 Å². The summed E-state index contributed by atoms with van der Waals surface area (Å²) in [6, 6.07) is 0.600. The minimum atomic E-state index is -4.61. The summed E-state index contributed by atoms with van der Waals surface area (Å²) < 4.78 is 47.1. The third-order valence-electron chi connectivity index (χ3n) is 0.917. The Balaban J connectivity index is 3.06. The minimum absolute atomic E-state index is 0.600. The van der Waals surface area contributed by atoms with E-state index in [4.69, 9.17) is 0 Å². The van der Waals surface area contributed by atoms with Gasteiger partial charge in [0.1, 0.15) is 0 Å². The van der Waals surface area contributed by atoms with Gasteiger partial charge in [0.15, 0.2) is 5.69 Å². The summed E-state index contributed by atoms with van der Waals surface area (Å²) in [6.45, 7) is 0. The molecule has 0 saturated heterocycles. The minimum Gasteiger partial charge on any atom is -0.211 e. The molecule has 1 heterocycles. The summed E-state index contributed by atoms with van der Waals surface area (Å²) in [5, 5.41) is 0. The Labute approximate surface area is 58.9 Å². The van der Waals surface area contributed by atoms with Crippen LogP contribution < -0.4 is 0 Å². The van der Waals surface area contributed by atoms with Crippen molar-refractivity contribution in [3.05, 3.63) is 24.0 Å². The first-order valence-electron chi connectivity index (χ1n) is 2.56. The molecule has 0 fully saturated rings. The maximum atomic E-state index is 12.0. The van der Waals surface area contributed by atoms with Gasteiger partial charge in [0.2, 0.25) is 0 Å². The first-order valence-corrected chi connectivity index (χ1v) is 2.56. The van der Waals surface area contributed by atoms with Gasteiger partial charge in [0.25, 0.3) is 0 Å². The van der Waals surface area contributed by atoms with Gasteiger partial charge >= 0.3 is 12.3 Å². The lowest BCUT2D eigenvalue weighted by atomic mass is 10.4. The Hall–Kier alpha value is -1.20. The largest absolute Gasteiger partial charge is 0.433 e. The Bertz CT molecular complexity index is 257. The number of hydrogen-bond acceptors (Lipinski definition) is 2. The maximum Gasteiger partial charge on any atom is 0.433 e. The molecule has 0 spiro atoms. The average Bonchev–Trinajstić information content (AvgIpc) is 1.86. The molecule has 1 aromatic heterocycles. The molecule has 6 heteroatoms. The Morgan fingerprint density at radius 1 is 1.27 bits per heavy atom. The lowest BCUT2D eigenvalue weighted by Gasteiger charge is -2.02. The lowest BCUT2D eigenvalue weighted by Crippen LogP contribution is -2.09. The van der Waals surface area contributed by atoms with Crippen LogP contribution in [-0.2, 0) is 6.18 Å². The van der Waals surface area contributed by atoms with Crippen LogP contribution in [0.3, 0.4) is 0 Å². The molecule has 0 saturated carbocycles. The maximum absolute atomic E-state index is 12.0. The van der Waals surface area contributed by atoms with Crippen molar-refractivity contribution in [1.29, 1.82) is 0 Å². The van der Waals surface area contributed by atoms with Crippen molar-refractivity contribution in [1.82, 2.24) is 9.97 Å². The molecule has 0 bridgehead atoms. The summed E-state index contributed by atoms with van der Waals surface area (Å²) >= 11 is 0. The molecule has 11 heavy (non-hydrogen) atoms. The molecule has 0 aliphatic heterocycles. The van der Waals surface area contributed by atoms with Gasteiger partial charge in [-0.3, -0.25) is 0 Å². The molecule has 0 N–H and O–H groups in total. The molecule has 1 aromatic rings. The van der Waals surface area contributed by atoms with E-state index in [-0.39, 0.29) is 0 Å². The quantitative estimate of drug-likeness (QED) is 0.432. The number of rotatable bonds is 0. The van der Waals surface area contributed by atoms with E-state index in [1.807, 2.05) is 0 Å². The van der Waals surface area contributed by atoms with Crippen molar-refractivity contribution in [2.24, 2.45) is 0 Å². The summed E-state index contributed by atoms with van der Waals surface area (Å²) in [5.74, 6) is 0. The van der Waals surface area contributed by atoms with E-state index in [0.717, 1.165) is 0 Å². The van der Waals surface area contributed by atoms with E-state index in [0.29, 0.717) is 12.3 Å². The lowest BCUT2D eigenvalue weighted by molar-refractivity contribution is -0.141. The number of nitrogens with zero attached hydrogens (tertiary/aromatic N) is 2. The zero-order valence-corrected chi connectivity index (χ0v) is 5.06. The molecule has 0 aromatic carbocycles. The molecule has 0 aliphatic carbocycles. The van der Waals surface area contributed by atoms with Gasteiger partial charge in [-0.25, -0.2) is 4.98 Å². The predicted molar refractivity (Wildman–Crippen MR) is 27.0 cm³/mol. The van der Waals surface area contributed by atoms with Crippen LogP contribution in [0.4, 0.5) is 17.6 Å². The van der Waals surface area contributed by atoms with E-state index in [9.17, 15) is 17.6 Å². The fourth-order valence-corrected chi connectivity index (χ4v) is 0.493. The van der Waals surface area contributed by atoms with E-state index in [2.05, 4.69) is 9.97 Å². The van der Waals surface area contributed by atoms with Crippen molar-refractivity contribution in [3.63, 3.8) is 0 Å². The molecule has 0 radical (unpaired) electrons. The molecular formula is C5H2F4N2. The highest BCUT2D eigenvalue weighted by molar-refractivity contribution is 5.02. The summed E-state index contributed by atoms with van der Waals surface area (Å²) in [5.41, 5.74) is -1.27. The smallest absolute Gasteiger partial charge is 0.211 e. The summed E-state index contributed by atoms with van der Waals surface area (Å²) in [7, 11) is 0. The molecule has 0 aliphatic rings. The second kappa shape index (κ2) is 2.44. The number of aromatic nitrogens is 2. The Kier molecular flexibility index (Phi) is 1.76. The SMILES string of the molecule is Fc1nccc(C(F)(F)F)n1. The van der Waals surface area contributed by atoms with Crippen molar-refractivity contribution in [3.8, 4) is 0 Å². The monoisotopic (exact) mass is 166 g/mol. The third-order valence-corrected chi connectivity index (χ3v) is 0.917. The van der Waals surface area contributed by atoms with Gasteiger partial charge in [-0.05, 0) is 6.07 Å². The van der Waals surface area contributed by atoms with Crippen LogP contribution in [0.5, 0.6) is 0 Å². The van der Waals surface area contributed by atoms with E-state index in [1.54, 1.807) is 0 Å². The average molecular weight is 166 g/mol. The number of alkyl halides is 3. The van der Waals surface area contributed by atoms with Crippen LogP contribution in [0.1, 0.15) is 5.69 Å². The van der Waals surface area contributed by atoms with Crippen molar-refractivity contribution < 1.29 is 17.6 Å². The normalized spacial score (nSPS) is 11.6.